The molecular weight excluding hydrogens is 378 g/mol. The molecule has 2 saturated heterocycles. The Morgan fingerprint density at radius 2 is 1.86 bits per heavy atom. The number of benzene rings is 1. The number of hydrogen-bond acceptors (Lipinski definition) is 4. The number of anilines is 1. The third-order valence-electron chi connectivity index (χ3n) is 5.53. The van der Waals surface area contributed by atoms with E-state index in [-0.39, 0.29) is 24.2 Å². The Hall–Kier alpha value is -2.38. The fourth-order valence-corrected chi connectivity index (χ4v) is 4.00. The van der Waals surface area contributed by atoms with Gasteiger partial charge >= 0.3 is 0 Å². The molecule has 0 saturated carbocycles. The average molecular weight is 402 g/mol. The molecule has 2 aromatic rings. The Balaban J connectivity index is 1.28. The van der Waals surface area contributed by atoms with Crippen molar-refractivity contribution in [2.75, 3.05) is 44.2 Å². The largest absolute Gasteiger partial charge is 0.340 e. The summed E-state index contributed by atoms with van der Waals surface area (Å²) in [5.41, 5.74) is 0.800. The quantitative estimate of drug-likeness (QED) is 0.765. The van der Waals surface area contributed by atoms with Crippen LogP contribution in [0.25, 0.3) is 0 Å². The number of halogens is 1. The predicted molar refractivity (Wildman–Crippen MR) is 107 cm³/mol. The summed E-state index contributed by atoms with van der Waals surface area (Å²) < 4.78 is 2.06. The van der Waals surface area contributed by atoms with Gasteiger partial charge in [-0.15, -0.1) is 0 Å². The van der Waals surface area contributed by atoms with Gasteiger partial charge in [0.15, 0.2) is 0 Å². The van der Waals surface area contributed by atoms with Crippen LogP contribution < -0.4 is 4.90 Å². The van der Waals surface area contributed by atoms with Crippen LogP contribution in [0.2, 0.25) is 5.02 Å². The highest BCUT2D eigenvalue weighted by atomic mass is 35.5. The zero-order chi connectivity index (χ0) is 19.5. The van der Waals surface area contributed by atoms with Crippen molar-refractivity contribution in [2.45, 2.75) is 13.0 Å². The minimum atomic E-state index is -0.263. The highest BCUT2D eigenvalue weighted by Gasteiger charge is 2.37. The van der Waals surface area contributed by atoms with Crippen LogP contribution in [0.1, 0.15) is 6.42 Å². The maximum atomic E-state index is 12.9. The third-order valence-corrected chi connectivity index (χ3v) is 5.78. The summed E-state index contributed by atoms with van der Waals surface area (Å²) in [6.45, 7) is 5.46. The van der Waals surface area contributed by atoms with Crippen LogP contribution in [0.4, 0.5) is 5.69 Å². The van der Waals surface area contributed by atoms with E-state index in [2.05, 4.69) is 14.5 Å². The van der Waals surface area contributed by atoms with Crippen molar-refractivity contribution in [2.24, 2.45) is 5.92 Å². The van der Waals surface area contributed by atoms with E-state index in [9.17, 15) is 9.59 Å². The van der Waals surface area contributed by atoms with E-state index in [0.717, 1.165) is 31.9 Å². The summed E-state index contributed by atoms with van der Waals surface area (Å²) in [4.78, 5) is 35.4. The lowest BCUT2D eigenvalue weighted by atomic mass is 10.1. The van der Waals surface area contributed by atoms with E-state index in [1.165, 1.54) is 0 Å². The molecule has 0 N–H and O–H groups in total. The highest BCUT2D eigenvalue weighted by Crippen LogP contribution is 2.27. The second-order valence-corrected chi connectivity index (χ2v) is 7.79. The summed E-state index contributed by atoms with van der Waals surface area (Å²) in [6.07, 6.45) is 5.85. The normalized spacial score (nSPS) is 20.8. The van der Waals surface area contributed by atoms with Gasteiger partial charge < -0.3 is 14.4 Å². The van der Waals surface area contributed by atoms with Crippen LogP contribution >= 0.6 is 11.6 Å². The van der Waals surface area contributed by atoms with Gasteiger partial charge in [0.25, 0.3) is 0 Å². The summed E-state index contributed by atoms with van der Waals surface area (Å²) in [6, 6.07) is 7.18. The topological polar surface area (TPSA) is 61.7 Å². The Labute approximate surface area is 169 Å². The Bertz CT molecular complexity index is 816. The second-order valence-electron chi connectivity index (χ2n) is 7.35. The molecule has 8 heteroatoms. The molecule has 1 aromatic carbocycles. The highest BCUT2D eigenvalue weighted by molar-refractivity contribution is 6.30. The first-order valence-corrected chi connectivity index (χ1v) is 10.0. The first kappa shape index (κ1) is 19.0. The number of aromatic nitrogens is 2. The molecular formula is C20H24ClN5O2. The molecule has 2 aliphatic heterocycles. The van der Waals surface area contributed by atoms with Crippen molar-refractivity contribution in [1.82, 2.24) is 19.4 Å². The fourth-order valence-electron chi connectivity index (χ4n) is 3.87. The van der Waals surface area contributed by atoms with Crippen LogP contribution in [-0.2, 0) is 16.1 Å². The molecule has 0 radical (unpaired) electrons. The van der Waals surface area contributed by atoms with Crippen molar-refractivity contribution < 1.29 is 9.59 Å². The number of amides is 2. The number of nitrogens with zero attached hydrogens (tertiary/aromatic N) is 5. The molecule has 0 spiro atoms. The minimum absolute atomic E-state index is 0.000333. The second kappa shape index (κ2) is 8.32. The van der Waals surface area contributed by atoms with E-state index in [1.807, 2.05) is 29.6 Å². The lowest BCUT2D eigenvalue weighted by Gasteiger charge is -2.35. The first-order valence-electron chi connectivity index (χ1n) is 9.63. The zero-order valence-corrected chi connectivity index (χ0v) is 16.5. The lowest BCUT2D eigenvalue weighted by Crippen LogP contribution is -2.51. The summed E-state index contributed by atoms with van der Waals surface area (Å²) in [7, 11) is 0. The molecule has 2 amide bonds. The smallest absolute Gasteiger partial charge is 0.228 e. The number of imidazole rings is 1. The molecule has 28 heavy (non-hydrogen) atoms. The lowest BCUT2D eigenvalue weighted by molar-refractivity contribution is -0.137. The van der Waals surface area contributed by atoms with Gasteiger partial charge in [-0.25, -0.2) is 4.98 Å². The molecule has 0 aliphatic carbocycles. The van der Waals surface area contributed by atoms with Crippen LogP contribution in [0.3, 0.4) is 0 Å². The maximum Gasteiger partial charge on any atom is 0.228 e. The van der Waals surface area contributed by atoms with Gasteiger partial charge in [0, 0.05) is 75.3 Å². The van der Waals surface area contributed by atoms with Crippen molar-refractivity contribution in [3.63, 3.8) is 0 Å². The monoisotopic (exact) mass is 401 g/mol. The van der Waals surface area contributed by atoms with Gasteiger partial charge in [-0.1, -0.05) is 11.6 Å². The molecule has 2 aliphatic rings. The average Bonchev–Trinajstić information content (AvgIpc) is 3.37. The van der Waals surface area contributed by atoms with Gasteiger partial charge in [0.2, 0.25) is 11.8 Å². The predicted octanol–water partition coefficient (Wildman–Crippen LogP) is 1.73. The SMILES string of the molecule is O=C(C1CC(=O)N(c2ccc(Cl)cc2)C1)N1CCN(CCn2ccnc2)CC1. The first-order chi connectivity index (χ1) is 13.6. The van der Waals surface area contributed by atoms with Crippen LogP contribution in [0.5, 0.6) is 0 Å². The minimum Gasteiger partial charge on any atom is -0.340 e. The number of piperazine rings is 1. The molecule has 1 unspecified atom stereocenters. The molecule has 4 rings (SSSR count). The number of rotatable bonds is 5. The number of hydrogen-bond donors (Lipinski definition) is 0. The van der Waals surface area contributed by atoms with Crippen molar-refractivity contribution in [3.8, 4) is 0 Å². The molecule has 1 aromatic heterocycles. The summed E-state index contributed by atoms with van der Waals surface area (Å²) in [5.74, 6) is -0.167. The summed E-state index contributed by atoms with van der Waals surface area (Å²) in [5, 5.41) is 0.633. The Morgan fingerprint density at radius 1 is 1.11 bits per heavy atom. The maximum absolute atomic E-state index is 12.9. The van der Waals surface area contributed by atoms with Crippen molar-refractivity contribution in [3.05, 3.63) is 48.0 Å². The fraction of sp³-hybridized carbons (Fsp3) is 0.450. The Kier molecular flexibility index (Phi) is 5.64. The van der Waals surface area contributed by atoms with E-state index >= 15 is 0 Å². The van der Waals surface area contributed by atoms with Gasteiger partial charge in [0.1, 0.15) is 0 Å². The standard InChI is InChI=1S/C20H24ClN5O2/c21-17-1-3-18(4-2-17)26-14-16(13-19(26)27)20(28)25-11-9-23(10-12-25)7-8-24-6-5-22-15-24/h1-6,15-16H,7-14H2. The molecule has 1 atom stereocenters. The third kappa shape index (κ3) is 4.20. The van der Waals surface area contributed by atoms with Gasteiger partial charge in [-0.2, -0.15) is 0 Å². The van der Waals surface area contributed by atoms with Gasteiger partial charge in [-0.05, 0) is 24.3 Å². The van der Waals surface area contributed by atoms with Crippen LogP contribution in [-0.4, -0.2) is 70.4 Å². The van der Waals surface area contributed by atoms with Crippen LogP contribution in [0, 0.1) is 5.92 Å². The van der Waals surface area contributed by atoms with Crippen molar-refractivity contribution in [1.29, 1.82) is 0 Å². The van der Waals surface area contributed by atoms with E-state index in [4.69, 9.17) is 11.6 Å². The van der Waals surface area contributed by atoms with E-state index in [0.29, 0.717) is 24.7 Å². The molecule has 3 heterocycles. The van der Waals surface area contributed by atoms with Gasteiger partial charge in [0.05, 0.1) is 12.2 Å². The number of carbonyl (C=O) groups excluding carboxylic acids is 2. The van der Waals surface area contributed by atoms with Crippen LogP contribution in [0.15, 0.2) is 43.0 Å². The van der Waals surface area contributed by atoms with E-state index in [1.54, 1.807) is 23.2 Å². The number of carbonyl (C=O) groups is 2. The zero-order valence-electron chi connectivity index (χ0n) is 15.7. The van der Waals surface area contributed by atoms with Gasteiger partial charge in [-0.3, -0.25) is 14.5 Å². The van der Waals surface area contributed by atoms with Crippen molar-refractivity contribution >= 4 is 29.1 Å². The molecule has 7 nitrogen and oxygen atoms in total. The Morgan fingerprint density at radius 3 is 2.54 bits per heavy atom. The van der Waals surface area contributed by atoms with E-state index < -0.39 is 0 Å². The molecule has 2 fully saturated rings. The molecule has 0 bridgehead atoms. The molecule has 148 valence electrons. The summed E-state index contributed by atoms with van der Waals surface area (Å²) >= 11 is 5.93.